The average molecular weight is 275 g/mol. The van der Waals surface area contributed by atoms with Crippen molar-refractivity contribution in [1.29, 1.82) is 0 Å². The number of carboxylic acids is 1. The second kappa shape index (κ2) is 5.45. The number of benzene rings is 1. The van der Waals surface area contributed by atoms with E-state index in [1.807, 2.05) is 0 Å². The van der Waals surface area contributed by atoms with Crippen molar-refractivity contribution < 1.29 is 19.5 Å². The number of hydrogen-bond donors (Lipinski definition) is 1. The molecule has 5 heteroatoms. The lowest BCUT2D eigenvalue weighted by molar-refractivity contribution is -0.141. The molecule has 20 heavy (non-hydrogen) atoms. The van der Waals surface area contributed by atoms with Crippen molar-refractivity contribution in [3.05, 3.63) is 34.9 Å². The maximum Gasteiger partial charge on any atom is 0.326 e. The van der Waals surface area contributed by atoms with Crippen LogP contribution in [0.15, 0.2) is 18.2 Å². The van der Waals surface area contributed by atoms with Crippen LogP contribution in [0.2, 0.25) is 0 Å². The molecule has 0 aromatic heterocycles. The van der Waals surface area contributed by atoms with E-state index >= 15 is 0 Å². The van der Waals surface area contributed by atoms with Gasteiger partial charge in [-0.15, -0.1) is 0 Å². The number of ketones is 1. The van der Waals surface area contributed by atoms with E-state index in [1.165, 1.54) is 11.8 Å². The number of likely N-dealkylation sites (tertiary alicyclic amines) is 1. The molecule has 1 amide bonds. The Morgan fingerprint density at radius 1 is 1.30 bits per heavy atom. The predicted molar refractivity (Wildman–Crippen MR) is 72.9 cm³/mol. The highest BCUT2D eigenvalue weighted by atomic mass is 16.4. The molecular formula is C15H17NO4. The Morgan fingerprint density at radius 2 is 2.00 bits per heavy atom. The number of Topliss-reactive ketones (excluding diaryl/α,β-unsaturated/α-hetero) is 1. The van der Waals surface area contributed by atoms with Crippen molar-refractivity contribution in [2.24, 2.45) is 0 Å². The largest absolute Gasteiger partial charge is 0.480 e. The van der Waals surface area contributed by atoms with E-state index < -0.39 is 12.0 Å². The summed E-state index contributed by atoms with van der Waals surface area (Å²) in [6.45, 7) is 3.70. The van der Waals surface area contributed by atoms with Crippen molar-refractivity contribution in [1.82, 2.24) is 4.90 Å². The molecule has 1 aromatic carbocycles. The van der Waals surface area contributed by atoms with Gasteiger partial charge in [0.25, 0.3) is 5.91 Å². The molecule has 1 saturated heterocycles. The first-order valence-electron chi connectivity index (χ1n) is 6.57. The number of hydrogen-bond acceptors (Lipinski definition) is 3. The molecule has 1 aliphatic heterocycles. The normalized spacial score (nSPS) is 18.1. The lowest BCUT2D eigenvalue weighted by Gasteiger charge is -2.21. The van der Waals surface area contributed by atoms with Gasteiger partial charge in [0.05, 0.1) is 0 Å². The van der Waals surface area contributed by atoms with Gasteiger partial charge < -0.3 is 10.0 Å². The molecule has 1 aliphatic rings. The first kappa shape index (κ1) is 14.2. The summed E-state index contributed by atoms with van der Waals surface area (Å²) >= 11 is 0. The summed E-state index contributed by atoms with van der Waals surface area (Å²) in [5.74, 6) is -1.40. The van der Waals surface area contributed by atoms with Gasteiger partial charge in [0.2, 0.25) is 0 Å². The number of aryl methyl sites for hydroxylation is 1. The molecule has 2 rings (SSSR count). The average Bonchev–Trinajstić information content (AvgIpc) is 2.87. The van der Waals surface area contributed by atoms with Gasteiger partial charge in [-0.3, -0.25) is 9.59 Å². The Kier molecular flexibility index (Phi) is 3.88. The third-order valence-electron chi connectivity index (χ3n) is 3.66. The quantitative estimate of drug-likeness (QED) is 0.855. The summed E-state index contributed by atoms with van der Waals surface area (Å²) < 4.78 is 0. The molecule has 1 heterocycles. The topological polar surface area (TPSA) is 74.7 Å². The minimum atomic E-state index is -0.977. The van der Waals surface area contributed by atoms with Gasteiger partial charge in [-0.05, 0) is 44.4 Å². The molecule has 1 fully saturated rings. The number of carbonyl (C=O) groups is 3. The van der Waals surface area contributed by atoms with E-state index in [4.69, 9.17) is 5.11 Å². The van der Waals surface area contributed by atoms with E-state index in [-0.39, 0.29) is 11.7 Å². The zero-order valence-electron chi connectivity index (χ0n) is 11.5. The smallest absolute Gasteiger partial charge is 0.326 e. The van der Waals surface area contributed by atoms with Gasteiger partial charge in [0.15, 0.2) is 5.78 Å². The standard InChI is InChI=1S/C15H17NO4/c1-9-5-6-11(8-12(9)10(2)17)14(18)16-7-3-4-13(16)15(19)20/h5-6,8,13H,3-4,7H2,1-2H3,(H,19,20). The van der Waals surface area contributed by atoms with Crippen LogP contribution in [0.3, 0.4) is 0 Å². The number of nitrogens with zero attached hydrogens (tertiary/aromatic N) is 1. The Bertz CT molecular complexity index is 579. The molecular weight excluding hydrogens is 258 g/mol. The minimum absolute atomic E-state index is 0.103. The highest BCUT2D eigenvalue weighted by Crippen LogP contribution is 2.21. The fourth-order valence-corrected chi connectivity index (χ4v) is 2.57. The third kappa shape index (κ3) is 2.57. The highest BCUT2D eigenvalue weighted by molar-refractivity contribution is 6.01. The van der Waals surface area contributed by atoms with Crippen LogP contribution in [0.25, 0.3) is 0 Å². The van der Waals surface area contributed by atoms with Gasteiger partial charge in [-0.25, -0.2) is 4.79 Å². The molecule has 0 radical (unpaired) electrons. The number of rotatable bonds is 3. The molecule has 1 N–H and O–H groups in total. The van der Waals surface area contributed by atoms with Gasteiger partial charge in [0.1, 0.15) is 6.04 Å². The van der Waals surface area contributed by atoms with Gasteiger partial charge >= 0.3 is 5.97 Å². The first-order chi connectivity index (χ1) is 9.41. The lowest BCUT2D eigenvalue weighted by Crippen LogP contribution is -2.40. The zero-order chi connectivity index (χ0) is 14.9. The summed E-state index contributed by atoms with van der Waals surface area (Å²) in [4.78, 5) is 36.4. The highest BCUT2D eigenvalue weighted by Gasteiger charge is 2.34. The minimum Gasteiger partial charge on any atom is -0.480 e. The van der Waals surface area contributed by atoms with Crippen LogP contribution in [-0.2, 0) is 4.79 Å². The van der Waals surface area contributed by atoms with Gasteiger partial charge in [-0.2, -0.15) is 0 Å². The van der Waals surface area contributed by atoms with Crippen molar-refractivity contribution in [3.8, 4) is 0 Å². The molecule has 0 aliphatic carbocycles. The molecule has 1 unspecified atom stereocenters. The number of carbonyl (C=O) groups excluding carboxylic acids is 2. The number of amides is 1. The van der Waals surface area contributed by atoms with Crippen LogP contribution in [0, 0.1) is 6.92 Å². The Morgan fingerprint density at radius 3 is 2.60 bits per heavy atom. The fraction of sp³-hybridized carbons (Fsp3) is 0.400. The van der Waals surface area contributed by atoms with E-state index in [0.717, 1.165) is 5.56 Å². The summed E-state index contributed by atoms with van der Waals surface area (Å²) in [7, 11) is 0. The van der Waals surface area contributed by atoms with Crippen LogP contribution < -0.4 is 0 Å². The molecule has 5 nitrogen and oxygen atoms in total. The Balaban J connectivity index is 2.32. The summed E-state index contributed by atoms with van der Waals surface area (Å²) in [5.41, 5.74) is 1.68. The van der Waals surface area contributed by atoms with E-state index in [2.05, 4.69) is 0 Å². The first-order valence-corrected chi connectivity index (χ1v) is 6.57. The predicted octanol–water partition coefficient (Wildman–Crippen LogP) is 1.89. The van der Waals surface area contributed by atoms with Crippen molar-refractivity contribution >= 4 is 17.7 Å². The van der Waals surface area contributed by atoms with Crippen LogP contribution >= 0.6 is 0 Å². The molecule has 0 bridgehead atoms. The third-order valence-corrected chi connectivity index (χ3v) is 3.66. The van der Waals surface area contributed by atoms with Crippen LogP contribution in [-0.4, -0.2) is 40.3 Å². The second-order valence-electron chi connectivity index (χ2n) is 5.08. The maximum absolute atomic E-state index is 12.4. The Labute approximate surface area is 117 Å². The fourth-order valence-electron chi connectivity index (χ4n) is 2.57. The van der Waals surface area contributed by atoms with Crippen LogP contribution in [0.5, 0.6) is 0 Å². The molecule has 106 valence electrons. The van der Waals surface area contributed by atoms with Crippen LogP contribution in [0.1, 0.15) is 46.0 Å². The summed E-state index contributed by atoms with van der Waals surface area (Å²) in [6.07, 6.45) is 1.17. The van der Waals surface area contributed by atoms with Crippen molar-refractivity contribution in [2.45, 2.75) is 32.7 Å². The number of carboxylic acid groups (broad SMARTS) is 1. The van der Waals surface area contributed by atoms with Crippen molar-refractivity contribution in [2.75, 3.05) is 6.54 Å². The zero-order valence-corrected chi connectivity index (χ0v) is 11.5. The van der Waals surface area contributed by atoms with Gasteiger partial charge in [0, 0.05) is 17.7 Å². The second-order valence-corrected chi connectivity index (χ2v) is 5.08. The summed E-state index contributed by atoms with van der Waals surface area (Å²) in [6, 6.07) is 4.15. The molecule has 1 aromatic rings. The number of aliphatic carboxylic acids is 1. The SMILES string of the molecule is CC(=O)c1cc(C(=O)N2CCCC2C(=O)O)ccc1C. The van der Waals surface area contributed by atoms with E-state index in [1.54, 1.807) is 25.1 Å². The van der Waals surface area contributed by atoms with Crippen LogP contribution in [0.4, 0.5) is 0 Å². The Hall–Kier alpha value is -2.17. The van der Waals surface area contributed by atoms with Gasteiger partial charge in [-0.1, -0.05) is 6.07 Å². The van der Waals surface area contributed by atoms with Crippen molar-refractivity contribution in [3.63, 3.8) is 0 Å². The van der Waals surface area contributed by atoms with E-state index in [0.29, 0.717) is 30.5 Å². The monoisotopic (exact) mass is 275 g/mol. The molecule has 1 atom stereocenters. The van der Waals surface area contributed by atoms with E-state index in [9.17, 15) is 14.4 Å². The summed E-state index contributed by atoms with van der Waals surface area (Å²) in [5, 5.41) is 9.12. The maximum atomic E-state index is 12.4. The molecule has 0 saturated carbocycles. The lowest BCUT2D eigenvalue weighted by atomic mass is 10.0. The molecule has 0 spiro atoms.